The first-order valence-electron chi connectivity index (χ1n) is 6.83. The van der Waals surface area contributed by atoms with Crippen LogP contribution in [-0.2, 0) is 10.0 Å². The molecule has 1 aromatic carbocycles. The largest absolute Gasteiger partial charge is 0.390 e. The number of alkyl halides is 1. The van der Waals surface area contributed by atoms with Crippen molar-refractivity contribution in [2.45, 2.75) is 11.0 Å². The number of rotatable bonds is 6. The summed E-state index contributed by atoms with van der Waals surface area (Å²) in [5, 5.41) is 15.5. The summed E-state index contributed by atoms with van der Waals surface area (Å²) in [5.74, 6) is 0.155. The number of hydrogen-bond donors (Lipinski definition) is 3. The Hall–Kier alpha value is -0.860. The van der Waals surface area contributed by atoms with Gasteiger partial charge in [-0.1, -0.05) is 0 Å². The SMILES string of the molecule is O=S(=O)(c1ccc(NCC(O)CCl)cc1)N1CCNCC1. The van der Waals surface area contributed by atoms with E-state index >= 15 is 0 Å². The molecule has 1 saturated heterocycles. The minimum atomic E-state index is -3.42. The minimum absolute atomic E-state index is 0.155. The smallest absolute Gasteiger partial charge is 0.243 e. The van der Waals surface area contributed by atoms with Crippen LogP contribution in [0.25, 0.3) is 0 Å². The second-order valence-corrected chi connectivity index (χ2v) is 7.11. The normalized spacial score (nSPS) is 18.4. The van der Waals surface area contributed by atoms with Crippen molar-refractivity contribution in [1.29, 1.82) is 0 Å². The van der Waals surface area contributed by atoms with Gasteiger partial charge in [0.1, 0.15) is 0 Å². The maximum Gasteiger partial charge on any atom is 0.243 e. The summed E-state index contributed by atoms with van der Waals surface area (Å²) in [4.78, 5) is 0.285. The van der Waals surface area contributed by atoms with Gasteiger partial charge in [0.05, 0.1) is 16.9 Å². The number of benzene rings is 1. The molecule has 2 rings (SSSR count). The summed E-state index contributed by atoms with van der Waals surface area (Å²) < 4.78 is 26.4. The fourth-order valence-electron chi connectivity index (χ4n) is 2.07. The minimum Gasteiger partial charge on any atom is -0.390 e. The topological polar surface area (TPSA) is 81.7 Å². The van der Waals surface area contributed by atoms with Crippen molar-refractivity contribution >= 4 is 27.3 Å². The zero-order chi connectivity index (χ0) is 15.3. The van der Waals surface area contributed by atoms with Gasteiger partial charge in [-0.3, -0.25) is 0 Å². The number of aliphatic hydroxyl groups excluding tert-OH is 1. The molecule has 0 bridgehead atoms. The molecule has 1 aliphatic rings. The lowest BCUT2D eigenvalue weighted by molar-refractivity contribution is 0.211. The zero-order valence-corrected chi connectivity index (χ0v) is 13.2. The highest BCUT2D eigenvalue weighted by molar-refractivity contribution is 7.89. The summed E-state index contributed by atoms with van der Waals surface area (Å²) in [6, 6.07) is 6.53. The summed E-state index contributed by atoms with van der Waals surface area (Å²) in [7, 11) is -3.42. The number of piperazine rings is 1. The van der Waals surface area contributed by atoms with Crippen molar-refractivity contribution in [1.82, 2.24) is 9.62 Å². The molecule has 21 heavy (non-hydrogen) atoms. The number of aliphatic hydroxyl groups is 1. The van der Waals surface area contributed by atoms with Crippen LogP contribution in [-0.4, -0.2) is 62.5 Å². The van der Waals surface area contributed by atoms with Gasteiger partial charge in [-0.05, 0) is 24.3 Å². The van der Waals surface area contributed by atoms with E-state index in [1.807, 2.05) is 0 Å². The predicted octanol–water partition coefficient (Wildman–Crippen LogP) is 0.292. The highest BCUT2D eigenvalue weighted by atomic mass is 35.5. The molecule has 6 nitrogen and oxygen atoms in total. The molecule has 118 valence electrons. The molecule has 0 aromatic heterocycles. The standard InChI is InChI=1S/C13H20ClN3O3S/c14-9-12(18)10-16-11-1-3-13(4-2-11)21(19,20)17-7-5-15-6-8-17/h1-4,12,15-16,18H,5-10H2. The maximum absolute atomic E-state index is 12.4. The lowest BCUT2D eigenvalue weighted by Crippen LogP contribution is -2.46. The van der Waals surface area contributed by atoms with Crippen LogP contribution in [0.3, 0.4) is 0 Å². The molecule has 0 amide bonds. The molecule has 0 aliphatic carbocycles. The summed E-state index contributed by atoms with van der Waals surface area (Å²) >= 11 is 5.51. The third-order valence-corrected chi connectivity index (χ3v) is 5.56. The van der Waals surface area contributed by atoms with Crippen LogP contribution >= 0.6 is 11.6 Å². The Morgan fingerprint density at radius 2 is 1.90 bits per heavy atom. The van der Waals surface area contributed by atoms with Crippen molar-refractivity contribution in [2.24, 2.45) is 0 Å². The van der Waals surface area contributed by atoms with E-state index in [4.69, 9.17) is 11.6 Å². The van der Waals surface area contributed by atoms with Crippen LogP contribution < -0.4 is 10.6 Å². The van der Waals surface area contributed by atoms with Gasteiger partial charge in [-0.25, -0.2) is 8.42 Å². The van der Waals surface area contributed by atoms with Gasteiger partial charge in [0, 0.05) is 38.4 Å². The van der Waals surface area contributed by atoms with Crippen molar-refractivity contribution < 1.29 is 13.5 Å². The molecule has 1 aromatic rings. The Bertz CT molecular complexity index is 544. The molecule has 8 heteroatoms. The molecule has 1 heterocycles. The Balaban J connectivity index is 2.03. The average Bonchev–Trinajstić information content (AvgIpc) is 2.53. The van der Waals surface area contributed by atoms with Crippen LogP contribution in [0.5, 0.6) is 0 Å². The van der Waals surface area contributed by atoms with E-state index < -0.39 is 16.1 Å². The summed E-state index contributed by atoms with van der Waals surface area (Å²) in [6.45, 7) is 2.66. The first kappa shape index (κ1) is 16.5. The van der Waals surface area contributed by atoms with E-state index in [0.29, 0.717) is 32.7 Å². The summed E-state index contributed by atoms with van der Waals surface area (Å²) in [5.41, 5.74) is 0.749. The van der Waals surface area contributed by atoms with Crippen molar-refractivity contribution in [2.75, 3.05) is 43.9 Å². The average molecular weight is 334 g/mol. The highest BCUT2D eigenvalue weighted by Crippen LogP contribution is 2.18. The highest BCUT2D eigenvalue weighted by Gasteiger charge is 2.25. The van der Waals surface area contributed by atoms with E-state index in [1.165, 1.54) is 4.31 Å². The van der Waals surface area contributed by atoms with Crippen LogP contribution in [0, 0.1) is 0 Å². The first-order valence-corrected chi connectivity index (χ1v) is 8.80. The van der Waals surface area contributed by atoms with Crippen LogP contribution in [0.2, 0.25) is 0 Å². The second kappa shape index (κ2) is 7.42. The molecular weight excluding hydrogens is 314 g/mol. The van der Waals surface area contributed by atoms with Crippen LogP contribution in [0.15, 0.2) is 29.2 Å². The second-order valence-electron chi connectivity index (χ2n) is 4.87. The van der Waals surface area contributed by atoms with E-state index in [9.17, 15) is 13.5 Å². The van der Waals surface area contributed by atoms with Crippen molar-refractivity contribution in [3.8, 4) is 0 Å². The van der Waals surface area contributed by atoms with Gasteiger partial charge < -0.3 is 15.7 Å². The molecule has 0 radical (unpaired) electrons. The molecule has 1 fully saturated rings. The summed E-state index contributed by atoms with van der Waals surface area (Å²) in [6.07, 6.45) is -0.629. The molecule has 0 saturated carbocycles. The zero-order valence-electron chi connectivity index (χ0n) is 11.6. The maximum atomic E-state index is 12.4. The number of halogens is 1. The Morgan fingerprint density at radius 3 is 2.48 bits per heavy atom. The molecule has 1 aliphatic heterocycles. The number of hydrogen-bond acceptors (Lipinski definition) is 5. The number of anilines is 1. The number of sulfonamides is 1. The Morgan fingerprint density at radius 1 is 1.29 bits per heavy atom. The first-order chi connectivity index (χ1) is 10.0. The lowest BCUT2D eigenvalue weighted by atomic mass is 10.3. The van der Waals surface area contributed by atoms with E-state index in [1.54, 1.807) is 24.3 Å². The van der Waals surface area contributed by atoms with Crippen molar-refractivity contribution in [3.05, 3.63) is 24.3 Å². The molecular formula is C13H20ClN3O3S. The van der Waals surface area contributed by atoms with E-state index in [2.05, 4.69) is 10.6 Å². The van der Waals surface area contributed by atoms with E-state index in [-0.39, 0.29) is 10.8 Å². The van der Waals surface area contributed by atoms with Gasteiger partial charge >= 0.3 is 0 Å². The third kappa shape index (κ3) is 4.31. The van der Waals surface area contributed by atoms with Gasteiger partial charge in [0.2, 0.25) is 10.0 Å². The number of nitrogens with one attached hydrogen (secondary N) is 2. The third-order valence-electron chi connectivity index (χ3n) is 3.29. The number of nitrogens with zero attached hydrogens (tertiary/aromatic N) is 1. The van der Waals surface area contributed by atoms with Crippen LogP contribution in [0.4, 0.5) is 5.69 Å². The monoisotopic (exact) mass is 333 g/mol. The van der Waals surface area contributed by atoms with E-state index in [0.717, 1.165) is 5.69 Å². The Labute approximate surface area is 130 Å². The van der Waals surface area contributed by atoms with Crippen molar-refractivity contribution in [3.63, 3.8) is 0 Å². The predicted molar refractivity (Wildman–Crippen MR) is 83.3 cm³/mol. The fourth-order valence-corrected chi connectivity index (χ4v) is 3.62. The molecule has 1 atom stereocenters. The fraction of sp³-hybridized carbons (Fsp3) is 0.538. The quantitative estimate of drug-likeness (QED) is 0.652. The van der Waals surface area contributed by atoms with Crippen LogP contribution in [0.1, 0.15) is 0 Å². The van der Waals surface area contributed by atoms with Gasteiger partial charge in [0.15, 0.2) is 0 Å². The Kier molecular flexibility index (Phi) is 5.83. The van der Waals surface area contributed by atoms with Gasteiger partial charge in [0.25, 0.3) is 0 Å². The lowest BCUT2D eigenvalue weighted by Gasteiger charge is -2.26. The molecule has 0 spiro atoms. The van der Waals surface area contributed by atoms with Gasteiger partial charge in [-0.2, -0.15) is 4.31 Å². The molecule has 3 N–H and O–H groups in total. The molecule has 1 unspecified atom stereocenters. The van der Waals surface area contributed by atoms with Gasteiger partial charge in [-0.15, -0.1) is 11.6 Å².